The first kappa shape index (κ1) is 23.8. The van der Waals surface area contributed by atoms with Gasteiger partial charge < -0.3 is 15.2 Å². The third kappa shape index (κ3) is 5.94. The summed E-state index contributed by atoms with van der Waals surface area (Å²) in [4.78, 5) is 19.4. The Morgan fingerprint density at radius 2 is 1.85 bits per heavy atom. The lowest BCUT2D eigenvalue weighted by Gasteiger charge is -2.23. The molecule has 4 rings (SSSR count). The zero-order valence-corrected chi connectivity index (χ0v) is 20.4. The maximum atomic E-state index is 12.3. The first-order chi connectivity index (χ1) is 16.3. The maximum absolute atomic E-state index is 12.3. The molecule has 1 aromatic carbocycles. The molecule has 2 aromatic heterocycles. The number of hydrogen-bond acceptors (Lipinski definition) is 6. The Balaban J connectivity index is 1.29. The number of likely N-dealkylation sites (N-methyl/N-ethyl adjacent to an activating group) is 1. The van der Waals surface area contributed by atoms with Gasteiger partial charge in [0.25, 0.3) is 0 Å². The molecule has 3 aromatic rings. The number of aromatic nitrogens is 2. The lowest BCUT2D eigenvalue weighted by Crippen LogP contribution is -2.34. The minimum atomic E-state index is -0.373. The van der Waals surface area contributed by atoms with Crippen molar-refractivity contribution < 1.29 is 9.32 Å². The lowest BCUT2D eigenvalue weighted by atomic mass is 9.93. The van der Waals surface area contributed by atoms with E-state index in [0.717, 1.165) is 30.0 Å². The minimum absolute atomic E-state index is 0.172. The number of urea groups is 1. The summed E-state index contributed by atoms with van der Waals surface area (Å²) in [5, 5.41) is 12.9. The number of likely N-dealkylation sites (tertiary alicyclic amines) is 1. The van der Waals surface area contributed by atoms with Crippen molar-refractivity contribution >= 4 is 23.4 Å². The predicted molar refractivity (Wildman–Crippen MR) is 136 cm³/mol. The van der Waals surface area contributed by atoms with Gasteiger partial charge in [-0.25, -0.2) is 9.78 Å². The van der Waals surface area contributed by atoms with Crippen LogP contribution in [0.2, 0.25) is 0 Å². The second-order valence-electron chi connectivity index (χ2n) is 9.72. The van der Waals surface area contributed by atoms with Crippen LogP contribution in [0.15, 0.2) is 53.2 Å². The molecule has 1 unspecified atom stereocenters. The fourth-order valence-corrected chi connectivity index (χ4v) is 4.15. The van der Waals surface area contributed by atoms with Gasteiger partial charge in [-0.2, -0.15) is 0 Å². The Kier molecular flexibility index (Phi) is 7.17. The van der Waals surface area contributed by atoms with Gasteiger partial charge in [0.1, 0.15) is 11.6 Å². The molecule has 0 bridgehead atoms. The Hall–Kier alpha value is -3.39. The highest BCUT2D eigenvalue weighted by atomic mass is 16.5. The summed E-state index contributed by atoms with van der Waals surface area (Å²) in [6.45, 7) is 11.5. The van der Waals surface area contributed by atoms with Gasteiger partial charge in [-0.05, 0) is 55.8 Å². The third-order valence-corrected chi connectivity index (χ3v) is 6.15. The molecule has 34 heavy (non-hydrogen) atoms. The zero-order chi connectivity index (χ0) is 24.1. The number of amides is 2. The Morgan fingerprint density at radius 3 is 2.50 bits per heavy atom. The molecular formula is C26H34N6O2. The molecule has 8 heteroatoms. The van der Waals surface area contributed by atoms with E-state index in [1.165, 1.54) is 19.4 Å². The number of nitrogens with one attached hydrogen (secondary N) is 3. The van der Waals surface area contributed by atoms with Crippen molar-refractivity contribution in [3.05, 3.63) is 54.4 Å². The number of carbonyl (C=O) groups excluding carboxylic acids is 1. The van der Waals surface area contributed by atoms with E-state index in [4.69, 9.17) is 4.52 Å². The van der Waals surface area contributed by atoms with Crippen molar-refractivity contribution in [3.63, 3.8) is 0 Å². The maximum Gasteiger partial charge on any atom is 0.324 e. The molecule has 1 atom stereocenters. The smallest absolute Gasteiger partial charge is 0.324 e. The summed E-state index contributed by atoms with van der Waals surface area (Å²) >= 11 is 0. The summed E-state index contributed by atoms with van der Waals surface area (Å²) in [5.74, 6) is 1.99. The quantitative estimate of drug-likeness (QED) is 0.425. The zero-order valence-electron chi connectivity index (χ0n) is 20.4. The van der Waals surface area contributed by atoms with Gasteiger partial charge in [0.15, 0.2) is 5.82 Å². The molecule has 0 radical (unpaired) electrons. The molecule has 3 N–H and O–H groups in total. The van der Waals surface area contributed by atoms with Crippen LogP contribution in [0, 0.1) is 0 Å². The van der Waals surface area contributed by atoms with E-state index >= 15 is 0 Å². The van der Waals surface area contributed by atoms with Crippen LogP contribution < -0.4 is 16.0 Å². The number of anilines is 3. The highest BCUT2D eigenvalue weighted by Gasteiger charge is 2.22. The molecule has 1 aliphatic rings. The minimum Gasteiger partial charge on any atom is -0.369 e. The van der Waals surface area contributed by atoms with Gasteiger partial charge in [0.2, 0.25) is 0 Å². The Labute approximate surface area is 201 Å². The number of nitrogens with zero attached hydrogens (tertiary/aromatic N) is 3. The number of hydrogen-bond donors (Lipinski definition) is 3. The third-order valence-electron chi connectivity index (χ3n) is 6.15. The summed E-state index contributed by atoms with van der Waals surface area (Å²) in [5.41, 5.74) is 2.57. The summed E-state index contributed by atoms with van der Waals surface area (Å²) in [7, 11) is 0. The normalized spacial score (nSPS) is 16.4. The second-order valence-corrected chi connectivity index (χ2v) is 9.72. The molecule has 0 spiro atoms. The topological polar surface area (TPSA) is 95.3 Å². The summed E-state index contributed by atoms with van der Waals surface area (Å²) in [6, 6.07) is 13.7. The van der Waals surface area contributed by atoms with E-state index in [1.54, 1.807) is 6.07 Å². The fraction of sp³-hybridized carbons (Fsp3) is 0.423. The van der Waals surface area contributed by atoms with Crippen LogP contribution in [0.5, 0.6) is 0 Å². The Bertz CT molecular complexity index is 1090. The van der Waals surface area contributed by atoms with Gasteiger partial charge in [-0.1, -0.05) is 45.0 Å². The van der Waals surface area contributed by atoms with Crippen LogP contribution in [0.1, 0.15) is 46.3 Å². The van der Waals surface area contributed by atoms with E-state index in [1.807, 2.05) is 57.3 Å². The highest BCUT2D eigenvalue weighted by Crippen LogP contribution is 2.25. The van der Waals surface area contributed by atoms with Crippen molar-refractivity contribution in [2.24, 2.45) is 0 Å². The SMILES string of the molecule is CCN1CCCC1CNc1ccc(-c2ccc(NC(=O)Nc3cc(C(C)(C)C)on3)cc2)cn1. The molecule has 1 aliphatic heterocycles. The highest BCUT2D eigenvalue weighted by molar-refractivity contribution is 5.99. The molecule has 1 saturated heterocycles. The second kappa shape index (κ2) is 10.3. The summed E-state index contributed by atoms with van der Waals surface area (Å²) < 4.78 is 5.30. The van der Waals surface area contributed by atoms with Gasteiger partial charge in [0.05, 0.1) is 0 Å². The first-order valence-corrected chi connectivity index (χ1v) is 11.9. The van der Waals surface area contributed by atoms with Crippen molar-refractivity contribution in [2.75, 3.05) is 35.6 Å². The summed E-state index contributed by atoms with van der Waals surface area (Å²) in [6.07, 6.45) is 4.40. The molecule has 2 amide bonds. The molecule has 3 heterocycles. The van der Waals surface area contributed by atoms with Crippen molar-refractivity contribution in [1.82, 2.24) is 15.0 Å². The first-order valence-electron chi connectivity index (χ1n) is 11.9. The molecule has 0 saturated carbocycles. The molecule has 1 fully saturated rings. The van der Waals surface area contributed by atoms with Crippen LogP contribution in [0.25, 0.3) is 11.1 Å². The van der Waals surface area contributed by atoms with Crippen LogP contribution in [0.4, 0.5) is 22.1 Å². The van der Waals surface area contributed by atoms with E-state index in [-0.39, 0.29) is 11.4 Å². The molecule has 8 nitrogen and oxygen atoms in total. The standard InChI is InChI=1S/C26H34N6O2/c1-5-32-14-6-7-21(32)17-28-23-13-10-19(16-27-23)18-8-11-20(12-9-18)29-25(33)30-24-15-22(34-31-24)26(2,3)4/h8-13,15-16,21H,5-7,14,17H2,1-4H3,(H,27,28)(H2,29,30,31,33). The van der Waals surface area contributed by atoms with Gasteiger partial charge >= 0.3 is 6.03 Å². The van der Waals surface area contributed by atoms with Gasteiger partial charge in [-0.3, -0.25) is 10.2 Å². The van der Waals surface area contributed by atoms with E-state index in [0.29, 0.717) is 23.3 Å². The van der Waals surface area contributed by atoms with Crippen LogP contribution in [-0.4, -0.2) is 46.7 Å². The number of pyridine rings is 1. The van der Waals surface area contributed by atoms with E-state index < -0.39 is 0 Å². The van der Waals surface area contributed by atoms with Crippen molar-refractivity contribution in [1.29, 1.82) is 0 Å². The van der Waals surface area contributed by atoms with Gasteiger partial charge in [0, 0.05) is 41.5 Å². The predicted octanol–water partition coefficient (Wildman–Crippen LogP) is 5.57. The monoisotopic (exact) mass is 462 g/mol. The molecule has 0 aliphatic carbocycles. The average molecular weight is 463 g/mol. The van der Waals surface area contributed by atoms with E-state index in [9.17, 15) is 4.79 Å². The van der Waals surface area contributed by atoms with Crippen LogP contribution in [-0.2, 0) is 5.41 Å². The fourth-order valence-electron chi connectivity index (χ4n) is 4.15. The lowest BCUT2D eigenvalue weighted by molar-refractivity contribution is 0.262. The number of carbonyl (C=O) groups is 1. The Morgan fingerprint density at radius 1 is 1.09 bits per heavy atom. The van der Waals surface area contributed by atoms with Crippen molar-refractivity contribution in [2.45, 2.75) is 52.0 Å². The van der Waals surface area contributed by atoms with Gasteiger partial charge in [-0.15, -0.1) is 0 Å². The van der Waals surface area contributed by atoms with Crippen LogP contribution in [0.3, 0.4) is 0 Å². The number of benzene rings is 1. The number of rotatable bonds is 7. The van der Waals surface area contributed by atoms with E-state index in [2.05, 4.69) is 44.0 Å². The molecular weight excluding hydrogens is 428 g/mol. The van der Waals surface area contributed by atoms with Crippen LogP contribution >= 0.6 is 0 Å². The van der Waals surface area contributed by atoms with Crippen molar-refractivity contribution in [3.8, 4) is 11.1 Å². The average Bonchev–Trinajstić information content (AvgIpc) is 3.48. The largest absolute Gasteiger partial charge is 0.369 e. The molecule has 180 valence electrons.